The molecule has 0 spiro atoms. The first-order valence-corrected chi connectivity index (χ1v) is 15.2. The first kappa shape index (κ1) is 28.3. The molecule has 1 aromatic rings. The molecule has 31 heavy (non-hydrogen) atoms. The summed E-state index contributed by atoms with van der Waals surface area (Å²) in [5, 5.41) is 0.422. The van der Waals surface area contributed by atoms with Gasteiger partial charge >= 0.3 is 5.97 Å². The molecule has 5 nitrogen and oxygen atoms in total. The molecule has 0 bridgehead atoms. The van der Waals surface area contributed by atoms with Gasteiger partial charge in [-0.3, -0.25) is 0 Å². The predicted molar refractivity (Wildman–Crippen MR) is 129 cm³/mol. The molecule has 1 N–H and O–H groups in total. The molecule has 1 aromatic heterocycles. The first-order valence-electron chi connectivity index (χ1n) is 10.7. The van der Waals surface area contributed by atoms with Crippen LogP contribution in [-0.4, -0.2) is 40.4 Å². The van der Waals surface area contributed by atoms with Gasteiger partial charge in [-0.25, -0.2) is 22.8 Å². The van der Waals surface area contributed by atoms with Crippen LogP contribution in [0, 0.1) is 5.82 Å². The van der Waals surface area contributed by atoms with Gasteiger partial charge in [0, 0.05) is 6.07 Å². The summed E-state index contributed by atoms with van der Waals surface area (Å²) in [6.45, 7) is 14.0. The summed E-state index contributed by atoms with van der Waals surface area (Å²) in [6, 6.07) is 3.54. The van der Waals surface area contributed by atoms with E-state index < -0.39 is 47.3 Å². The van der Waals surface area contributed by atoms with Crippen molar-refractivity contribution >= 4 is 46.1 Å². The number of aromatic nitrogens is 1. The molecular weight excluding hydrogens is 506 g/mol. The average Bonchev–Trinajstić information content (AvgIpc) is 2.69. The van der Waals surface area contributed by atoms with E-state index in [9.17, 15) is 9.00 Å². The summed E-state index contributed by atoms with van der Waals surface area (Å²) in [6.07, 6.45) is 0. The van der Waals surface area contributed by atoms with Crippen LogP contribution in [0.1, 0.15) is 67.0 Å². The highest BCUT2D eigenvalue weighted by molar-refractivity contribution is 9.10. The maximum absolute atomic E-state index is 16.4. The molecule has 0 saturated carbocycles. The van der Waals surface area contributed by atoms with Crippen molar-refractivity contribution in [1.82, 2.24) is 9.71 Å². The molecular formula is C21H35BrF2N2O3SSi. The Balaban J connectivity index is 3.79. The zero-order valence-corrected chi connectivity index (χ0v) is 23.1. The van der Waals surface area contributed by atoms with Crippen LogP contribution < -0.4 is 9.91 Å². The van der Waals surface area contributed by atoms with E-state index in [2.05, 4.69) is 25.6 Å². The molecule has 0 radical (unpaired) electrons. The van der Waals surface area contributed by atoms with Gasteiger partial charge in [-0.05, 0) is 48.8 Å². The molecule has 0 amide bonds. The summed E-state index contributed by atoms with van der Waals surface area (Å²) >= 11 is 3.21. The molecule has 0 aliphatic rings. The Labute approximate surface area is 196 Å². The highest BCUT2D eigenvalue weighted by atomic mass is 79.9. The third-order valence-corrected chi connectivity index (χ3v) is 13.5. The molecule has 0 saturated heterocycles. The van der Waals surface area contributed by atoms with Gasteiger partial charge in [-0.15, -0.1) is 0 Å². The van der Waals surface area contributed by atoms with Crippen molar-refractivity contribution in [3.05, 3.63) is 22.2 Å². The summed E-state index contributed by atoms with van der Waals surface area (Å²) < 4.78 is 51.3. The van der Waals surface area contributed by atoms with Crippen molar-refractivity contribution in [1.29, 1.82) is 0 Å². The molecule has 0 fully saturated rings. The van der Waals surface area contributed by atoms with Crippen molar-refractivity contribution < 1.29 is 22.5 Å². The number of carbonyl (C=O) groups is 1. The molecule has 0 aliphatic carbocycles. The minimum absolute atomic E-state index is 0.0498. The maximum Gasteiger partial charge on any atom is 0.360 e. The number of rotatable bonds is 10. The normalized spacial score (nSPS) is 16.5. The van der Waals surface area contributed by atoms with Gasteiger partial charge in [0.1, 0.15) is 21.4 Å². The lowest BCUT2D eigenvalue weighted by Crippen LogP contribution is -2.58. The largest absolute Gasteiger partial charge is 0.463 e. The second-order valence-electron chi connectivity index (χ2n) is 8.67. The minimum atomic E-state index is -2.85. The van der Waals surface area contributed by atoms with Gasteiger partial charge < -0.3 is 4.74 Å². The van der Waals surface area contributed by atoms with E-state index in [4.69, 9.17) is 4.74 Å². The SMILES string of the molecule is CCOC(=O)[C@@](F)(N[S@](=O)C(C)(C)C)[C@H](C)c1nc(Br)cc(F)c1[Si](CC)(CC)CC. The van der Waals surface area contributed by atoms with Gasteiger partial charge in [-0.2, -0.15) is 4.72 Å². The van der Waals surface area contributed by atoms with Crippen LogP contribution in [0.5, 0.6) is 0 Å². The highest BCUT2D eigenvalue weighted by Gasteiger charge is 2.52. The van der Waals surface area contributed by atoms with Crippen LogP contribution in [0.15, 0.2) is 10.7 Å². The summed E-state index contributed by atoms with van der Waals surface area (Å²) in [7, 11) is -4.27. The monoisotopic (exact) mass is 540 g/mol. The number of halogens is 3. The van der Waals surface area contributed by atoms with E-state index >= 15 is 8.78 Å². The molecule has 0 aromatic carbocycles. The summed E-state index contributed by atoms with van der Waals surface area (Å²) in [5.41, 5.74) is 0.165. The fourth-order valence-electron chi connectivity index (χ4n) is 3.64. The van der Waals surface area contributed by atoms with Crippen molar-refractivity contribution in [3.63, 3.8) is 0 Å². The van der Waals surface area contributed by atoms with E-state index in [-0.39, 0.29) is 16.9 Å². The topological polar surface area (TPSA) is 68.3 Å². The van der Waals surface area contributed by atoms with Crippen LogP contribution in [0.25, 0.3) is 0 Å². The standard InChI is InChI=1S/C21H35BrF2N2O3SSi/c1-9-29-19(27)21(24,26-30(28)20(6,7)8)14(5)17-18(15(23)13-16(22)25-17)31(10-2,11-3)12-4/h13-14,26H,9-12H2,1-8H3/t14-,21+,30-/m1/s1. The van der Waals surface area contributed by atoms with Crippen molar-refractivity contribution in [2.75, 3.05) is 6.61 Å². The number of nitrogens with zero attached hydrogens (tertiary/aromatic N) is 1. The van der Waals surface area contributed by atoms with Gasteiger partial charge in [0.05, 0.1) is 31.0 Å². The van der Waals surface area contributed by atoms with Gasteiger partial charge in [0.25, 0.3) is 5.79 Å². The van der Waals surface area contributed by atoms with Gasteiger partial charge in [0.15, 0.2) is 0 Å². The Morgan fingerprint density at radius 3 is 2.19 bits per heavy atom. The number of esters is 1. The van der Waals surface area contributed by atoms with Crippen LogP contribution in [0.4, 0.5) is 8.78 Å². The Bertz CT molecular complexity index is 810. The second kappa shape index (κ2) is 10.9. The lowest BCUT2D eigenvalue weighted by Gasteiger charge is -2.36. The average molecular weight is 542 g/mol. The quantitative estimate of drug-likeness (QED) is 0.194. The van der Waals surface area contributed by atoms with Crippen LogP contribution in [0.2, 0.25) is 18.1 Å². The Hall–Kier alpha value is -0.713. The van der Waals surface area contributed by atoms with Crippen LogP contribution in [0.3, 0.4) is 0 Å². The molecule has 0 aliphatic heterocycles. The third kappa shape index (κ3) is 6.00. The van der Waals surface area contributed by atoms with E-state index in [1.54, 1.807) is 27.7 Å². The van der Waals surface area contributed by atoms with Crippen molar-refractivity contribution in [2.24, 2.45) is 0 Å². The number of ether oxygens (including phenoxy) is 1. The lowest BCUT2D eigenvalue weighted by molar-refractivity contribution is -0.160. The zero-order chi connectivity index (χ0) is 24.2. The number of pyridine rings is 1. The molecule has 1 heterocycles. The van der Waals surface area contributed by atoms with Gasteiger partial charge in [-0.1, -0.05) is 45.8 Å². The minimum Gasteiger partial charge on any atom is -0.463 e. The lowest BCUT2D eigenvalue weighted by atomic mass is 9.95. The Morgan fingerprint density at radius 2 is 1.77 bits per heavy atom. The molecule has 10 heteroatoms. The van der Waals surface area contributed by atoms with Crippen molar-refractivity contribution in [2.45, 2.75) is 90.0 Å². The number of hydrogen-bond donors (Lipinski definition) is 1. The van der Waals surface area contributed by atoms with E-state index in [0.29, 0.717) is 5.19 Å². The number of hydrogen-bond acceptors (Lipinski definition) is 4. The first-order chi connectivity index (χ1) is 14.2. The van der Waals surface area contributed by atoms with Crippen LogP contribution >= 0.6 is 15.9 Å². The van der Waals surface area contributed by atoms with Gasteiger partial charge in [0.2, 0.25) is 0 Å². The number of nitrogens with one attached hydrogen (secondary N) is 1. The number of carbonyl (C=O) groups excluding carboxylic acids is 1. The summed E-state index contributed by atoms with van der Waals surface area (Å²) in [5.74, 6) is -5.73. The van der Waals surface area contributed by atoms with E-state index in [1.807, 2.05) is 20.8 Å². The predicted octanol–water partition coefficient (Wildman–Crippen LogP) is 5.08. The smallest absolute Gasteiger partial charge is 0.360 e. The molecule has 3 atom stereocenters. The molecule has 178 valence electrons. The third-order valence-electron chi connectivity index (χ3n) is 5.91. The maximum atomic E-state index is 16.4. The summed E-state index contributed by atoms with van der Waals surface area (Å²) in [4.78, 5) is 17.2. The van der Waals surface area contributed by atoms with Crippen LogP contribution in [-0.2, 0) is 20.5 Å². The van der Waals surface area contributed by atoms with Crippen molar-refractivity contribution in [3.8, 4) is 0 Å². The van der Waals surface area contributed by atoms with E-state index in [1.165, 1.54) is 13.0 Å². The van der Waals surface area contributed by atoms with E-state index in [0.717, 1.165) is 18.1 Å². The highest BCUT2D eigenvalue weighted by Crippen LogP contribution is 2.35. The molecule has 1 rings (SSSR count). The fourth-order valence-corrected chi connectivity index (χ4v) is 8.82. The Kier molecular flexibility index (Phi) is 9.99. The molecule has 0 unspecified atom stereocenters. The second-order valence-corrected chi connectivity index (χ2v) is 16.6. The Morgan fingerprint density at radius 1 is 1.26 bits per heavy atom. The fraction of sp³-hybridized carbons (Fsp3) is 0.714. The number of alkyl halides is 1. The zero-order valence-electron chi connectivity index (χ0n) is 19.7.